The molecule has 1 aliphatic carbocycles. The molecule has 0 bridgehead atoms. The molecule has 2 atom stereocenters. The zero-order chi connectivity index (χ0) is 23.4. The highest BCUT2D eigenvalue weighted by atomic mass is 35.5. The second-order valence-corrected chi connectivity index (χ2v) is 9.22. The number of hydrogen-bond acceptors (Lipinski definition) is 7. The second-order valence-electron chi connectivity index (χ2n) is 8.78. The lowest BCUT2D eigenvalue weighted by Crippen LogP contribution is -2.43. The third kappa shape index (κ3) is 3.82. The Kier molecular flexibility index (Phi) is 5.07. The Balaban J connectivity index is 1.43. The molecule has 4 heterocycles. The number of morpholine rings is 1. The van der Waals surface area contributed by atoms with Crippen molar-refractivity contribution in [3.63, 3.8) is 0 Å². The van der Waals surface area contributed by atoms with E-state index in [0.717, 1.165) is 18.4 Å². The molecule has 1 N–H and O–H groups in total. The van der Waals surface area contributed by atoms with E-state index in [1.807, 2.05) is 28.9 Å². The van der Waals surface area contributed by atoms with Crippen LogP contribution in [0.5, 0.6) is 0 Å². The van der Waals surface area contributed by atoms with Gasteiger partial charge in [-0.15, -0.1) is 0 Å². The molecule has 0 unspecified atom stereocenters. The molecule has 2 aliphatic rings. The lowest BCUT2D eigenvalue weighted by Gasteiger charge is -2.36. The summed E-state index contributed by atoms with van der Waals surface area (Å²) in [5.74, 6) is -0.220. The number of aromatic amines is 1. The molecular formula is C23H21ClFN7O2. The van der Waals surface area contributed by atoms with Crippen LogP contribution in [0.25, 0.3) is 22.2 Å². The number of nitrogens with one attached hydrogen (secondary N) is 1. The molecule has 0 radical (unpaired) electrons. The molecule has 2 fully saturated rings. The average Bonchev–Trinajstić information content (AvgIpc) is 3.55. The summed E-state index contributed by atoms with van der Waals surface area (Å²) in [6, 6.07) is 4.82. The Bertz CT molecular complexity index is 1450. The second kappa shape index (κ2) is 8.14. The van der Waals surface area contributed by atoms with Gasteiger partial charge in [0.25, 0.3) is 5.56 Å². The number of rotatable bonds is 4. The summed E-state index contributed by atoms with van der Waals surface area (Å²) in [7, 11) is 0. The van der Waals surface area contributed by atoms with Crippen molar-refractivity contribution >= 4 is 28.5 Å². The lowest BCUT2D eigenvalue weighted by molar-refractivity contribution is -0.0178. The number of aromatic nitrogens is 6. The van der Waals surface area contributed by atoms with Gasteiger partial charge in [0.1, 0.15) is 17.4 Å². The Morgan fingerprint density at radius 1 is 1.21 bits per heavy atom. The highest BCUT2D eigenvalue weighted by Crippen LogP contribution is 2.36. The van der Waals surface area contributed by atoms with Gasteiger partial charge in [-0.1, -0.05) is 11.6 Å². The molecule has 1 saturated carbocycles. The summed E-state index contributed by atoms with van der Waals surface area (Å²) < 4.78 is 23.0. The van der Waals surface area contributed by atoms with Crippen molar-refractivity contribution in [1.29, 1.82) is 0 Å². The van der Waals surface area contributed by atoms with Crippen LogP contribution in [0.2, 0.25) is 5.02 Å². The van der Waals surface area contributed by atoms with Crippen LogP contribution >= 0.6 is 11.6 Å². The number of fused-ring (bicyclic) bond motifs is 1. The Morgan fingerprint density at radius 2 is 2.06 bits per heavy atom. The average molecular weight is 482 g/mol. The molecule has 11 heteroatoms. The van der Waals surface area contributed by atoms with Crippen molar-refractivity contribution in [2.75, 3.05) is 18.0 Å². The Hall–Kier alpha value is -3.37. The van der Waals surface area contributed by atoms with E-state index in [-0.39, 0.29) is 34.0 Å². The first-order valence-corrected chi connectivity index (χ1v) is 11.5. The van der Waals surface area contributed by atoms with E-state index in [2.05, 4.69) is 20.3 Å². The van der Waals surface area contributed by atoms with Gasteiger partial charge >= 0.3 is 0 Å². The molecule has 0 spiro atoms. The summed E-state index contributed by atoms with van der Waals surface area (Å²) >= 11 is 5.95. The number of nitrogens with zero attached hydrogens (tertiary/aromatic N) is 6. The molecule has 3 aromatic heterocycles. The van der Waals surface area contributed by atoms with E-state index >= 15 is 0 Å². The highest BCUT2D eigenvalue weighted by Gasteiger charge is 2.31. The minimum absolute atomic E-state index is 0.117. The van der Waals surface area contributed by atoms with Crippen LogP contribution < -0.4 is 10.5 Å². The fourth-order valence-corrected chi connectivity index (χ4v) is 4.51. The van der Waals surface area contributed by atoms with E-state index < -0.39 is 11.4 Å². The van der Waals surface area contributed by atoms with Gasteiger partial charge in [0, 0.05) is 28.9 Å². The number of H-pyrrole nitrogens is 1. The van der Waals surface area contributed by atoms with Crippen LogP contribution in [0.4, 0.5) is 10.3 Å². The molecule has 6 rings (SSSR count). The van der Waals surface area contributed by atoms with E-state index in [4.69, 9.17) is 21.3 Å². The summed E-state index contributed by atoms with van der Waals surface area (Å²) in [5, 5.41) is 11.4. The van der Waals surface area contributed by atoms with Crippen LogP contribution in [0.15, 0.2) is 41.6 Å². The quantitative estimate of drug-likeness (QED) is 0.474. The van der Waals surface area contributed by atoms with Gasteiger partial charge < -0.3 is 9.64 Å². The third-order valence-corrected chi connectivity index (χ3v) is 6.39. The van der Waals surface area contributed by atoms with E-state index in [0.29, 0.717) is 30.5 Å². The van der Waals surface area contributed by atoms with Crippen molar-refractivity contribution in [3.8, 4) is 11.3 Å². The van der Waals surface area contributed by atoms with Crippen LogP contribution in [0.1, 0.15) is 37.5 Å². The normalized spacial score (nSPS) is 20.7. The molecule has 1 saturated heterocycles. The van der Waals surface area contributed by atoms with Crippen molar-refractivity contribution in [3.05, 3.63) is 63.5 Å². The van der Waals surface area contributed by atoms with Gasteiger partial charge in [0.05, 0.1) is 42.2 Å². The number of benzene rings is 1. The predicted molar refractivity (Wildman–Crippen MR) is 124 cm³/mol. The minimum atomic E-state index is -0.542. The zero-order valence-corrected chi connectivity index (χ0v) is 19.0. The van der Waals surface area contributed by atoms with Gasteiger partial charge in [-0.2, -0.15) is 10.2 Å². The van der Waals surface area contributed by atoms with Gasteiger partial charge in [-0.3, -0.25) is 9.48 Å². The fourth-order valence-electron chi connectivity index (χ4n) is 4.35. The van der Waals surface area contributed by atoms with Crippen LogP contribution in [-0.2, 0) is 4.74 Å². The molecule has 0 amide bonds. The first-order valence-electron chi connectivity index (χ1n) is 11.1. The third-order valence-electron chi connectivity index (χ3n) is 6.15. The molecular weight excluding hydrogens is 461 g/mol. The van der Waals surface area contributed by atoms with E-state index in [1.54, 1.807) is 12.1 Å². The highest BCUT2D eigenvalue weighted by molar-refractivity contribution is 6.30. The summed E-state index contributed by atoms with van der Waals surface area (Å²) in [5.41, 5.74) is 1.15. The monoisotopic (exact) mass is 481 g/mol. The largest absolute Gasteiger partial charge is 0.367 e. The van der Waals surface area contributed by atoms with Crippen molar-refractivity contribution in [2.24, 2.45) is 0 Å². The summed E-state index contributed by atoms with van der Waals surface area (Å²) in [6.07, 6.45) is 7.24. The van der Waals surface area contributed by atoms with E-state index in [1.165, 1.54) is 12.3 Å². The molecule has 9 nitrogen and oxygen atoms in total. The van der Waals surface area contributed by atoms with Crippen molar-refractivity contribution < 1.29 is 9.13 Å². The van der Waals surface area contributed by atoms with E-state index in [9.17, 15) is 9.18 Å². The van der Waals surface area contributed by atoms with Gasteiger partial charge in [-0.05, 0) is 38.0 Å². The zero-order valence-electron chi connectivity index (χ0n) is 18.3. The lowest BCUT2D eigenvalue weighted by atomic mass is 10.1. The maximum absolute atomic E-state index is 14.9. The number of ether oxygens (including phenoxy) is 1. The summed E-state index contributed by atoms with van der Waals surface area (Å²) in [4.78, 5) is 23.8. The van der Waals surface area contributed by atoms with Crippen molar-refractivity contribution in [1.82, 2.24) is 29.9 Å². The maximum Gasteiger partial charge on any atom is 0.290 e. The predicted octanol–water partition coefficient (Wildman–Crippen LogP) is 3.67. The van der Waals surface area contributed by atoms with Crippen LogP contribution in [0.3, 0.4) is 0 Å². The maximum atomic E-state index is 14.9. The van der Waals surface area contributed by atoms with Crippen LogP contribution in [0, 0.1) is 5.82 Å². The standard InChI is InChI=1S/C23H21ClFN7O2/c1-12-9-31(11-19(34-12)13-7-27-32(10-13)15-3-4-15)23-28-20(16-5-2-14(24)6-18(16)25)17-8-26-30-22(33)21(17)29-23/h2,5-8,10,12,15,19H,3-4,9,11H2,1H3,(H,30,33)/t12-,19+/m0/s1. The number of halogens is 2. The molecule has 174 valence electrons. The van der Waals surface area contributed by atoms with Gasteiger partial charge in [0.2, 0.25) is 5.95 Å². The summed E-state index contributed by atoms with van der Waals surface area (Å²) in [6.45, 7) is 2.96. The first-order chi connectivity index (χ1) is 16.5. The molecule has 34 heavy (non-hydrogen) atoms. The van der Waals surface area contributed by atoms with Crippen molar-refractivity contribution in [2.45, 2.75) is 38.0 Å². The topological polar surface area (TPSA) is 102 Å². The molecule has 1 aromatic carbocycles. The Morgan fingerprint density at radius 3 is 2.85 bits per heavy atom. The smallest absolute Gasteiger partial charge is 0.290 e. The first kappa shape index (κ1) is 21.2. The minimum Gasteiger partial charge on any atom is -0.367 e. The SMILES string of the molecule is C[C@H]1CN(c2nc(-c3ccc(Cl)cc3F)c3cn[nH]c(=O)c3n2)C[C@H](c2cnn(C3CC3)c2)O1. The van der Waals surface area contributed by atoms with Gasteiger partial charge in [-0.25, -0.2) is 19.5 Å². The Labute approximate surface area is 198 Å². The fraction of sp³-hybridized carbons (Fsp3) is 0.348. The molecule has 1 aliphatic heterocycles. The van der Waals surface area contributed by atoms with Gasteiger partial charge in [0.15, 0.2) is 0 Å². The number of anilines is 1. The van der Waals surface area contributed by atoms with Crippen LogP contribution in [-0.4, -0.2) is 49.1 Å². The number of hydrogen-bond donors (Lipinski definition) is 1. The molecule has 4 aromatic rings.